The lowest BCUT2D eigenvalue weighted by Crippen LogP contribution is -2.24. The van der Waals surface area contributed by atoms with E-state index in [1.165, 1.54) is 12.1 Å². The van der Waals surface area contributed by atoms with Gasteiger partial charge < -0.3 is 9.64 Å². The molecule has 1 atom stereocenters. The van der Waals surface area contributed by atoms with Crippen molar-refractivity contribution in [1.29, 1.82) is 0 Å². The molecule has 1 aliphatic rings. The maximum Gasteiger partial charge on any atom is 0.501 e. The summed E-state index contributed by atoms with van der Waals surface area (Å²) in [4.78, 5) is 1.20. The van der Waals surface area contributed by atoms with Crippen LogP contribution in [-0.2, 0) is 14.6 Å². The summed E-state index contributed by atoms with van der Waals surface area (Å²) >= 11 is 0. The molecule has 0 N–H and O–H groups in total. The van der Waals surface area contributed by atoms with Gasteiger partial charge in [-0.3, -0.25) is 0 Å². The van der Waals surface area contributed by atoms with Gasteiger partial charge in [-0.05, 0) is 30.7 Å². The van der Waals surface area contributed by atoms with E-state index in [9.17, 15) is 21.6 Å². The molecule has 1 aliphatic heterocycles. The average Bonchev–Trinajstić information content (AvgIpc) is 2.86. The molecule has 0 aliphatic carbocycles. The molecule has 0 spiro atoms. The van der Waals surface area contributed by atoms with E-state index >= 15 is 0 Å². The first kappa shape index (κ1) is 15.1. The van der Waals surface area contributed by atoms with Crippen LogP contribution in [0.4, 0.5) is 18.9 Å². The molecule has 0 radical (unpaired) electrons. The van der Waals surface area contributed by atoms with Gasteiger partial charge in [0.1, 0.15) is 0 Å². The van der Waals surface area contributed by atoms with Gasteiger partial charge in [0.2, 0.25) is 0 Å². The van der Waals surface area contributed by atoms with Crippen LogP contribution in [0, 0.1) is 0 Å². The fourth-order valence-electron chi connectivity index (χ4n) is 2.12. The molecule has 0 aromatic heterocycles. The SMILES string of the molecule is CO[C@H]1CCN(c2ccc(S(=O)(=O)C(F)(F)F)cc2)C1. The number of hydrogen-bond acceptors (Lipinski definition) is 4. The fraction of sp³-hybridized carbons (Fsp3) is 0.500. The monoisotopic (exact) mass is 309 g/mol. The first-order chi connectivity index (χ1) is 9.25. The second-order valence-corrected chi connectivity index (χ2v) is 6.48. The molecule has 20 heavy (non-hydrogen) atoms. The van der Waals surface area contributed by atoms with Gasteiger partial charge in [0, 0.05) is 25.9 Å². The normalized spacial score (nSPS) is 20.4. The molecule has 2 rings (SSSR count). The second-order valence-electron chi connectivity index (χ2n) is 4.54. The lowest BCUT2D eigenvalue weighted by molar-refractivity contribution is -0.0436. The average molecular weight is 309 g/mol. The van der Waals surface area contributed by atoms with Gasteiger partial charge >= 0.3 is 5.51 Å². The van der Waals surface area contributed by atoms with Crippen LogP contribution in [0.15, 0.2) is 29.2 Å². The van der Waals surface area contributed by atoms with Crippen LogP contribution < -0.4 is 4.90 Å². The molecular weight excluding hydrogens is 295 g/mol. The molecule has 0 unspecified atom stereocenters. The Hall–Kier alpha value is -1.28. The number of rotatable bonds is 3. The van der Waals surface area contributed by atoms with E-state index in [1.54, 1.807) is 7.11 Å². The molecular formula is C12H14F3NO3S. The Balaban J connectivity index is 2.20. The molecule has 8 heteroatoms. The minimum absolute atomic E-state index is 0.0913. The van der Waals surface area contributed by atoms with Crippen molar-refractivity contribution in [2.75, 3.05) is 25.1 Å². The molecule has 1 fully saturated rings. The zero-order valence-corrected chi connectivity index (χ0v) is 11.5. The highest BCUT2D eigenvalue weighted by Crippen LogP contribution is 2.31. The summed E-state index contributed by atoms with van der Waals surface area (Å²) in [5, 5.41) is 0. The van der Waals surface area contributed by atoms with Crippen LogP contribution in [0.1, 0.15) is 6.42 Å². The van der Waals surface area contributed by atoms with Crippen molar-refractivity contribution in [3.63, 3.8) is 0 Å². The van der Waals surface area contributed by atoms with Crippen LogP contribution in [-0.4, -0.2) is 40.2 Å². The van der Waals surface area contributed by atoms with Crippen molar-refractivity contribution in [1.82, 2.24) is 0 Å². The number of anilines is 1. The van der Waals surface area contributed by atoms with Gasteiger partial charge in [-0.2, -0.15) is 13.2 Å². The Bertz CT molecular complexity index is 569. The summed E-state index contributed by atoms with van der Waals surface area (Å²) in [7, 11) is -3.67. The van der Waals surface area contributed by atoms with E-state index in [4.69, 9.17) is 4.74 Å². The number of methoxy groups -OCH3 is 1. The lowest BCUT2D eigenvalue weighted by atomic mass is 10.3. The summed E-state index contributed by atoms with van der Waals surface area (Å²) in [5.74, 6) is 0. The highest BCUT2D eigenvalue weighted by atomic mass is 32.2. The first-order valence-electron chi connectivity index (χ1n) is 5.95. The summed E-state index contributed by atoms with van der Waals surface area (Å²) in [6, 6.07) is 4.74. The summed E-state index contributed by atoms with van der Waals surface area (Å²) in [5.41, 5.74) is -4.59. The highest BCUT2D eigenvalue weighted by molar-refractivity contribution is 7.92. The Morgan fingerprint density at radius 1 is 1.25 bits per heavy atom. The van der Waals surface area contributed by atoms with Crippen LogP contribution in [0.2, 0.25) is 0 Å². The van der Waals surface area contributed by atoms with Gasteiger partial charge in [-0.15, -0.1) is 0 Å². The molecule has 0 bridgehead atoms. The maximum absolute atomic E-state index is 12.4. The van der Waals surface area contributed by atoms with Crippen molar-refractivity contribution < 1.29 is 26.3 Å². The predicted octanol–water partition coefficient (Wildman–Crippen LogP) is 2.21. The molecule has 1 aromatic carbocycles. The van der Waals surface area contributed by atoms with E-state index in [1.807, 2.05) is 4.90 Å². The molecule has 1 aromatic rings. The fourth-order valence-corrected chi connectivity index (χ4v) is 2.89. The standard InChI is InChI=1S/C12H14F3NO3S/c1-19-10-6-7-16(8-10)9-2-4-11(5-3-9)20(17,18)12(13,14)15/h2-5,10H,6-8H2,1H3/t10-/m0/s1. The second kappa shape index (κ2) is 5.25. The molecule has 0 saturated carbocycles. The van der Waals surface area contributed by atoms with Crippen LogP contribution in [0.5, 0.6) is 0 Å². The van der Waals surface area contributed by atoms with Gasteiger partial charge in [0.25, 0.3) is 9.84 Å². The zero-order chi connectivity index (χ0) is 15.0. The number of sulfone groups is 1. The third-order valence-electron chi connectivity index (χ3n) is 3.30. The van der Waals surface area contributed by atoms with Gasteiger partial charge in [0.15, 0.2) is 0 Å². The zero-order valence-electron chi connectivity index (χ0n) is 10.7. The summed E-state index contributed by atoms with van der Waals surface area (Å²) in [6.07, 6.45) is 0.924. The third kappa shape index (κ3) is 2.76. The van der Waals surface area contributed by atoms with Crippen LogP contribution in [0.25, 0.3) is 0 Å². The molecule has 112 valence electrons. The first-order valence-corrected chi connectivity index (χ1v) is 7.43. The number of alkyl halides is 3. The molecule has 0 amide bonds. The van der Waals surface area contributed by atoms with E-state index < -0.39 is 20.2 Å². The maximum atomic E-state index is 12.4. The van der Waals surface area contributed by atoms with E-state index in [2.05, 4.69) is 0 Å². The highest BCUT2D eigenvalue weighted by Gasteiger charge is 2.46. The number of nitrogens with zero attached hydrogens (tertiary/aromatic N) is 1. The minimum atomic E-state index is -5.28. The minimum Gasteiger partial charge on any atom is -0.380 e. The number of ether oxygens (including phenoxy) is 1. The number of halogens is 3. The van der Waals surface area contributed by atoms with Crippen molar-refractivity contribution in [3.8, 4) is 0 Å². The smallest absolute Gasteiger partial charge is 0.380 e. The lowest BCUT2D eigenvalue weighted by Gasteiger charge is -2.18. The van der Waals surface area contributed by atoms with Gasteiger partial charge in [0.05, 0.1) is 11.0 Å². The largest absolute Gasteiger partial charge is 0.501 e. The van der Waals surface area contributed by atoms with Gasteiger partial charge in [-0.1, -0.05) is 0 Å². The van der Waals surface area contributed by atoms with Crippen LogP contribution in [0.3, 0.4) is 0 Å². The van der Waals surface area contributed by atoms with Crippen LogP contribution >= 0.6 is 0 Å². The quantitative estimate of drug-likeness (QED) is 0.859. The Morgan fingerprint density at radius 3 is 2.30 bits per heavy atom. The molecule has 1 heterocycles. The van der Waals surface area contributed by atoms with E-state index in [0.717, 1.165) is 25.1 Å². The molecule has 4 nitrogen and oxygen atoms in total. The summed E-state index contributed by atoms with van der Waals surface area (Å²) < 4.78 is 64.9. The Morgan fingerprint density at radius 2 is 1.85 bits per heavy atom. The third-order valence-corrected chi connectivity index (χ3v) is 4.80. The Kier molecular flexibility index (Phi) is 3.97. The predicted molar refractivity (Wildman–Crippen MR) is 67.3 cm³/mol. The van der Waals surface area contributed by atoms with E-state index in [0.29, 0.717) is 12.2 Å². The number of hydrogen-bond donors (Lipinski definition) is 0. The van der Waals surface area contributed by atoms with E-state index in [-0.39, 0.29) is 6.10 Å². The van der Waals surface area contributed by atoms with Crippen molar-refractivity contribution in [3.05, 3.63) is 24.3 Å². The van der Waals surface area contributed by atoms with Crippen molar-refractivity contribution >= 4 is 15.5 Å². The molecule has 1 saturated heterocycles. The van der Waals surface area contributed by atoms with Gasteiger partial charge in [-0.25, -0.2) is 8.42 Å². The van der Waals surface area contributed by atoms with Crippen molar-refractivity contribution in [2.45, 2.75) is 22.9 Å². The topological polar surface area (TPSA) is 46.6 Å². The Labute approximate surface area is 115 Å². The number of benzene rings is 1. The summed E-state index contributed by atoms with van der Waals surface area (Å²) in [6.45, 7) is 1.37. The van der Waals surface area contributed by atoms with Crippen molar-refractivity contribution in [2.24, 2.45) is 0 Å².